The van der Waals surface area contributed by atoms with Gasteiger partial charge in [0, 0.05) is 24.2 Å². The summed E-state index contributed by atoms with van der Waals surface area (Å²) in [7, 11) is 0. The summed E-state index contributed by atoms with van der Waals surface area (Å²) < 4.78 is 39.3. The van der Waals surface area contributed by atoms with Gasteiger partial charge >= 0.3 is 6.18 Å². The molecule has 0 N–H and O–H groups in total. The molecule has 1 aliphatic carbocycles. The van der Waals surface area contributed by atoms with E-state index in [0.29, 0.717) is 5.15 Å². The monoisotopic (exact) mass is 338 g/mol. The zero-order chi connectivity index (χ0) is 16.2. The Morgan fingerprint density at radius 1 is 1.17 bits per heavy atom. The van der Waals surface area contributed by atoms with Gasteiger partial charge in [-0.1, -0.05) is 17.7 Å². The van der Waals surface area contributed by atoms with Crippen molar-refractivity contribution >= 4 is 17.2 Å². The molecular weight excluding hydrogens is 329 g/mol. The van der Waals surface area contributed by atoms with E-state index in [-0.39, 0.29) is 11.8 Å². The van der Waals surface area contributed by atoms with Crippen LogP contribution in [0.1, 0.15) is 35.1 Å². The molecule has 0 aliphatic heterocycles. The van der Waals surface area contributed by atoms with Crippen LogP contribution in [0.2, 0.25) is 5.15 Å². The van der Waals surface area contributed by atoms with Crippen molar-refractivity contribution in [1.29, 1.82) is 0 Å². The molecule has 4 rings (SSSR count). The smallest absolute Gasteiger partial charge is 0.251 e. The zero-order valence-corrected chi connectivity index (χ0v) is 12.4. The topological polar surface area (TPSA) is 43.1 Å². The van der Waals surface area contributed by atoms with E-state index in [9.17, 15) is 13.2 Å². The summed E-state index contributed by atoms with van der Waals surface area (Å²) in [6, 6.07) is 4.29. The molecule has 0 saturated heterocycles. The van der Waals surface area contributed by atoms with Crippen LogP contribution in [0.3, 0.4) is 0 Å². The minimum absolute atomic E-state index is 0.128. The molecule has 1 aliphatic rings. The SMILES string of the molecule is FC(F)(F)c1ccc([C@H]2C[C@@H]2c2cc(Cl)nn3ccnc23)cn1. The van der Waals surface area contributed by atoms with Crippen molar-refractivity contribution in [3.05, 3.63) is 58.8 Å². The van der Waals surface area contributed by atoms with Gasteiger partial charge in [0.25, 0.3) is 0 Å². The number of hydrogen-bond donors (Lipinski definition) is 0. The van der Waals surface area contributed by atoms with Crippen molar-refractivity contribution in [3.8, 4) is 0 Å². The van der Waals surface area contributed by atoms with Gasteiger partial charge in [0.1, 0.15) is 10.8 Å². The van der Waals surface area contributed by atoms with Gasteiger partial charge in [-0.3, -0.25) is 4.98 Å². The first-order valence-electron chi connectivity index (χ1n) is 6.96. The maximum absolute atomic E-state index is 12.6. The van der Waals surface area contributed by atoms with Crippen molar-refractivity contribution < 1.29 is 13.2 Å². The molecule has 2 atom stereocenters. The fraction of sp³-hybridized carbons (Fsp3) is 0.267. The Labute approximate surface area is 133 Å². The molecule has 118 valence electrons. The maximum Gasteiger partial charge on any atom is 0.433 e. The molecule has 0 unspecified atom stereocenters. The molecule has 4 nitrogen and oxygen atoms in total. The highest BCUT2D eigenvalue weighted by molar-refractivity contribution is 6.29. The Balaban J connectivity index is 1.63. The lowest BCUT2D eigenvalue weighted by molar-refractivity contribution is -0.141. The molecule has 0 bridgehead atoms. The summed E-state index contributed by atoms with van der Waals surface area (Å²) in [5.74, 6) is 0.294. The van der Waals surface area contributed by atoms with E-state index >= 15 is 0 Å². The number of hydrogen-bond acceptors (Lipinski definition) is 3. The first-order valence-corrected chi connectivity index (χ1v) is 7.34. The van der Waals surface area contributed by atoms with Crippen LogP contribution in [0.15, 0.2) is 36.8 Å². The van der Waals surface area contributed by atoms with E-state index in [1.165, 1.54) is 12.3 Å². The van der Waals surface area contributed by atoms with Gasteiger partial charge in [-0.2, -0.15) is 18.3 Å². The number of fused-ring (bicyclic) bond motifs is 1. The van der Waals surface area contributed by atoms with Gasteiger partial charge in [0.2, 0.25) is 0 Å². The third kappa shape index (κ3) is 2.55. The number of pyridine rings is 1. The van der Waals surface area contributed by atoms with Gasteiger partial charge < -0.3 is 0 Å². The zero-order valence-electron chi connectivity index (χ0n) is 11.6. The van der Waals surface area contributed by atoms with Crippen LogP contribution in [-0.4, -0.2) is 19.6 Å². The Morgan fingerprint density at radius 2 is 2.00 bits per heavy atom. The fourth-order valence-corrected chi connectivity index (χ4v) is 3.08. The fourth-order valence-electron chi connectivity index (χ4n) is 2.88. The van der Waals surface area contributed by atoms with Gasteiger partial charge in [0.05, 0.1) is 0 Å². The number of nitrogens with zero attached hydrogens (tertiary/aromatic N) is 4. The molecule has 3 aromatic heterocycles. The number of aromatic nitrogens is 4. The minimum Gasteiger partial charge on any atom is -0.251 e. The van der Waals surface area contributed by atoms with Crippen molar-refractivity contribution in [2.45, 2.75) is 24.4 Å². The van der Waals surface area contributed by atoms with E-state index < -0.39 is 11.9 Å². The van der Waals surface area contributed by atoms with Crippen LogP contribution in [0, 0.1) is 0 Å². The van der Waals surface area contributed by atoms with Gasteiger partial charge in [-0.15, -0.1) is 0 Å². The van der Waals surface area contributed by atoms with Crippen LogP contribution in [0.4, 0.5) is 13.2 Å². The van der Waals surface area contributed by atoms with Crippen molar-refractivity contribution in [3.63, 3.8) is 0 Å². The lowest BCUT2D eigenvalue weighted by Gasteiger charge is -2.07. The summed E-state index contributed by atoms with van der Waals surface area (Å²) in [6.45, 7) is 0. The third-order valence-electron chi connectivity index (χ3n) is 4.05. The molecule has 23 heavy (non-hydrogen) atoms. The lowest BCUT2D eigenvalue weighted by Crippen LogP contribution is -2.07. The van der Waals surface area contributed by atoms with Gasteiger partial charge in [0.15, 0.2) is 5.65 Å². The highest BCUT2D eigenvalue weighted by Gasteiger charge is 2.42. The Morgan fingerprint density at radius 3 is 2.70 bits per heavy atom. The van der Waals surface area contributed by atoms with Crippen LogP contribution in [0.25, 0.3) is 5.65 Å². The van der Waals surface area contributed by atoms with Gasteiger partial charge in [-0.25, -0.2) is 9.50 Å². The van der Waals surface area contributed by atoms with Crippen LogP contribution in [-0.2, 0) is 6.18 Å². The van der Waals surface area contributed by atoms with Crippen LogP contribution >= 0.6 is 11.6 Å². The summed E-state index contributed by atoms with van der Waals surface area (Å²) >= 11 is 6.02. The number of rotatable bonds is 2. The van der Waals surface area contributed by atoms with Crippen LogP contribution in [0.5, 0.6) is 0 Å². The average molecular weight is 339 g/mol. The number of alkyl halides is 3. The molecule has 0 spiro atoms. The second-order valence-corrected chi connectivity index (χ2v) is 5.93. The molecule has 0 aromatic carbocycles. The standard InChI is InChI=1S/C15H10ClF3N4/c16-13-6-11(14-20-3-4-23(14)22-13)10-5-9(10)8-1-2-12(21-7-8)15(17,18)19/h1-4,6-7,9-10H,5H2/t9-,10+/m1/s1. The highest BCUT2D eigenvalue weighted by atomic mass is 35.5. The van der Waals surface area contributed by atoms with E-state index in [4.69, 9.17) is 11.6 Å². The molecule has 3 aromatic rings. The lowest BCUT2D eigenvalue weighted by atomic mass is 10.1. The predicted octanol–water partition coefficient (Wildman–Crippen LogP) is 4.07. The first-order chi connectivity index (χ1) is 10.9. The number of halogens is 4. The van der Waals surface area contributed by atoms with Gasteiger partial charge in [-0.05, 0) is 36.0 Å². The molecule has 8 heteroatoms. The Hall–Kier alpha value is -2.15. The van der Waals surface area contributed by atoms with E-state index in [0.717, 1.165) is 29.3 Å². The summed E-state index contributed by atoms with van der Waals surface area (Å²) in [5.41, 5.74) is 1.60. The average Bonchev–Trinajstić information content (AvgIpc) is 3.16. The second kappa shape index (κ2) is 4.92. The maximum atomic E-state index is 12.6. The summed E-state index contributed by atoms with van der Waals surface area (Å²) in [4.78, 5) is 7.80. The van der Waals surface area contributed by atoms with Crippen LogP contribution < -0.4 is 0 Å². The molecule has 3 heterocycles. The second-order valence-electron chi connectivity index (χ2n) is 5.54. The normalized spacial score (nSPS) is 20.9. The van der Waals surface area contributed by atoms with Crippen molar-refractivity contribution in [2.24, 2.45) is 0 Å². The third-order valence-corrected chi connectivity index (χ3v) is 4.24. The summed E-state index contributed by atoms with van der Waals surface area (Å²) in [5, 5.41) is 4.49. The van der Waals surface area contributed by atoms with E-state index in [1.807, 2.05) is 0 Å². The highest BCUT2D eigenvalue weighted by Crippen LogP contribution is 2.55. The predicted molar refractivity (Wildman–Crippen MR) is 77.3 cm³/mol. The van der Waals surface area contributed by atoms with Crippen molar-refractivity contribution in [2.75, 3.05) is 0 Å². The first kappa shape index (κ1) is 14.4. The van der Waals surface area contributed by atoms with Crippen molar-refractivity contribution in [1.82, 2.24) is 19.6 Å². The quantitative estimate of drug-likeness (QED) is 0.707. The Bertz CT molecular complexity index is 873. The molecule has 0 radical (unpaired) electrons. The molecule has 1 fully saturated rings. The minimum atomic E-state index is -4.41. The molecule has 1 saturated carbocycles. The van der Waals surface area contributed by atoms with E-state index in [1.54, 1.807) is 23.0 Å². The molecular formula is C15H10ClF3N4. The Kier molecular flexibility index (Phi) is 3.09. The van der Waals surface area contributed by atoms with E-state index in [2.05, 4.69) is 15.1 Å². The molecule has 0 amide bonds. The number of imidazole rings is 1. The summed E-state index contributed by atoms with van der Waals surface area (Å²) in [6.07, 6.45) is 1.07. The largest absolute Gasteiger partial charge is 0.433 e.